The fourth-order valence-electron chi connectivity index (χ4n) is 2.79. The summed E-state index contributed by atoms with van der Waals surface area (Å²) in [4.78, 5) is 4.22. The van der Waals surface area contributed by atoms with Crippen LogP contribution in [0.25, 0.3) is 21.9 Å². The van der Waals surface area contributed by atoms with E-state index >= 15 is 0 Å². The Morgan fingerprint density at radius 1 is 1.15 bits per heavy atom. The van der Waals surface area contributed by atoms with Gasteiger partial charge < -0.3 is 5.32 Å². The van der Waals surface area contributed by atoms with Gasteiger partial charge in [-0.3, -0.25) is 9.71 Å². The van der Waals surface area contributed by atoms with Crippen molar-refractivity contribution < 1.29 is 4.39 Å². The first kappa shape index (κ1) is 18.2. The van der Waals surface area contributed by atoms with E-state index < -0.39 is 5.82 Å². The molecule has 1 heterocycles. The van der Waals surface area contributed by atoms with E-state index in [4.69, 9.17) is 5.26 Å². The molecule has 0 saturated carbocycles. The van der Waals surface area contributed by atoms with Gasteiger partial charge >= 0.3 is 0 Å². The Morgan fingerprint density at radius 3 is 2.85 bits per heavy atom. The zero-order chi connectivity index (χ0) is 18.4. The molecule has 0 aliphatic carbocycles. The van der Waals surface area contributed by atoms with Crippen molar-refractivity contribution in [1.82, 2.24) is 9.71 Å². The summed E-state index contributed by atoms with van der Waals surface area (Å²) in [5.41, 5.74) is 2.78. The quantitative estimate of drug-likeness (QED) is 0.473. The minimum Gasteiger partial charge on any atom is -0.384 e. The fourth-order valence-corrected chi connectivity index (χ4v) is 3.14. The molecule has 0 radical (unpaired) electrons. The average molecular weight is 366 g/mol. The highest BCUT2D eigenvalue weighted by Crippen LogP contribution is 2.31. The van der Waals surface area contributed by atoms with E-state index in [0.29, 0.717) is 0 Å². The highest BCUT2D eigenvalue weighted by atomic mass is 32.2. The van der Waals surface area contributed by atoms with Gasteiger partial charge in [0.05, 0.1) is 5.56 Å². The fraction of sp³-hybridized carbons (Fsp3) is 0.200. The third kappa shape index (κ3) is 4.13. The van der Waals surface area contributed by atoms with E-state index in [1.807, 2.05) is 36.7 Å². The van der Waals surface area contributed by atoms with E-state index in [2.05, 4.69) is 15.0 Å². The molecular formula is C20H19FN4S. The number of rotatable bonds is 7. The molecule has 2 N–H and O–H groups in total. The molecule has 26 heavy (non-hydrogen) atoms. The van der Waals surface area contributed by atoms with Gasteiger partial charge in [0, 0.05) is 36.6 Å². The SMILES string of the molecule is CSNCCCNc1cc(-c2ccc(F)c(C#N)c2)cc2ccncc12. The Morgan fingerprint density at radius 2 is 2.04 bits per heavy atom. The highest BCUT2D eigenvalue weighted by molar-refractivity contribution is 7.96. The molecule has 1 aromatic heterocycles. The predicted octanol–water partition coefficient (Wildman–Crippen LogP) is 4.58. The van der Waals surface area contributed by atoms with Crippen LogP contribution in [0.2, 0.25) is 0 Å². The molecule has 0 aliphatic rings. The number of pyridine rings is 1. The van der Waals surface area contributed by atoms with Crippen LogP contribution in [0.1, 0.15) is 12.0 Å². The van der Waals surface area contributed by atoms with E-state index in [9.17, 15) is 4.39 Å². The molecule has 4 nitrogen and oxygen atoms in total. The number of fused-ring (bicyclic) bond motifs is 1. The van der Waals surface area contributed by atoms with Crippen LogP contribution in [0.4, 0.5) is 10.1 Å². The lowest BCUT2D eigenvalue weighted by Crippen LogP contribution is -2.11. The van der Waals surface area contributed by atoms with Gasteiger partial charge in [0.15, 0.2) is 0 Å². The first-order valence-electron chi connectivity index (χ1n) is 8.30. The number of hydrogen-bond acceptors (Lipinski definition) is 5. The number of nitrogens with one attached hydrogen (secondary N) is 2. The number of halogens is 1. The van der Waals surface area contributed by atoms with Crippen LogP contribution in [0.5, 0.6) is 0 Å². The first-order chi connectivity index (χ1) is 12.7. The molecule has 132 valence electrons. The maximum absolute atomic E-state index is 13.6. The van der Waals surface area contributed by atoms with Crippen molar-refractivity contribution in [2.75, 3.05) is 24.7 Å². The van der Waals surface area contributed by atoms with E-state index in [1.165, 1.54) is 6.07 Å². The number of nitrogens with zero attached hydrogens (tertiary/aromatic N) is 2. The topological polar surface area (TPSA) is 60.7 Å². The third-order valence-electron chi connectivity index (χ3n) is 4.09. The number of anilines is 1. The molecule has 0 unspecified atom stereocenters. The highest BCUT2D eigenvalue weighted by Gasteiger charge is 2.09. The summed E-state index contributed by atoms with van der Waals surface area (Å²) in [6.45, 7) is 1.75. The smallest absolute Gasteiger partial charge is 0.140 e. The van der Waals surface area contributed by atoms with Gasteiger partial charge in [-0.15, -0.1) is 0 Å². The Balaban J connectivity index is 1.95. The second-order valence-corrected chi connectivity index (χ2v) is 6.50. The number of hydrogen-bond donors (Lipinski definition) is 2. The van der Waals surface area contributed by atoms with E-state index in [-0.39, 0.29) is 5.56 Å². The summed E-state index contributed by atoms with van der Waals surface area (Å²) in [5.74, 6) is -0.499. The summed E-state index contributed by atoms with van der Waals surface area (Å²) in [5, 5.41) is 14.6. The summed E-state index contributed by atoms with van der Waals surface area (Å²) in [7, 11) is 0. The molecule has 0 fully saturated rings. The molecule has 0 saturated heterocycles. The van der Waals surface area contributed by atoms with Crippen molar-refractivity contribution >= 4 is 28.4 Å². The summed E-state index contributed by atoms with van der Waals surface area (Å²) in [6, 6.07) is 12.5. The second kappa shape index (κ2) is 8.65. The lowest BCUT2D eigenvalue weighted by Gasteiger charge is -2.13. The Kier molecular flexibility index (Phi) is 6.05. The van der Waals surface area contributed by atoms with Gasteiger partial charge in [-0.05, 0) is 59.5 Å². The predicted molar refractivity (Wildman–Crippen MR) is 106 cm³/mol. The van der Waals surface area contributed by atoms with Crippen molar-refractivity contribution in [1.29, 1.82) is 5.26 Å². The van der Waals surface area contributed by atoms with Crippen LogP contribution in [0.15, 0.2) is 48.8 Å². The van der Waals surface area contributed by atoms with Crippen molar-refractivity contribution in [3.05, 3.63) is 60.2 Å². The lowest BCUT2D eigenvalue weighted by atomic mass is 9.99. The molecule has 2 aromatic carbocycles. The van der Waals surface area contributed by atoms with Crippen molar-refractivity contribution in [3.63, 3.8) is 0 Å². The van der Waals surface area contributed by atoms with Crippen molar-refractivity contribution in [2.45, 2.75) is 6.42 Å². The summed E-state index contributed by atoms with van der Waals surface area (Å²) < 4.78 is 16.9. The maximum atomic E-state index is 13.6. The minimum absolute atomic E-state index is 0.0509. The minimum atomic E-state index is -0.499. The molecule has 0 amide bonds. The zero-order valence-electron chi connectivity index (χ0n) is 14.4. The standard InChI is InChI=1S/C20H19FN4S/c1-26-25-7-2-6-24-20-11-16(10-15-5-8-23-13-18(15)20)14-3-4-19(21)17(9-14)12-22/h3-5,8-11,13,24-25H,2,6-7H2,1H3. The van der Waals surface area contributed by atoms with Crippen molar-refractivity contribution in [2.24, 2.45) is 0 Å². The van der Waals surface area contributed by atoms with Gasteiger partial charge in [-0.1, -0.05) is 18.0 Å². The van der Waals surface area contributed by atoms with Crippen LogP contribution in [0, 0.1) is 17.1 Å². The second-order valence-electron chi connectivity index (χ2n) is 5.81. The van der Waals surface area contributed by atoms with E-state index in [0.717, 1.165) is 47.1 Å². The van der Waals surface area contributed by atoms with Crippen LogP contribution in [0.3, 0.4) is 0 Å². The van der Waals surface area contributed by atoms with Gasteiger partial charge in [0.25, 0.3) is 0 Å². The molecule has 3 rings (SSSR count). The van der Waals surface area contributed by atoms with Gasteiger partial charge in [-0.2, -0.15) is 5.26 Å². The molecule has 6 heteroatoms. The summed E-state index contributed by atoms with van der Waals surface area (Å²) in [6.07, 6.45) is 6.59. The molecule has 0 atom stereocenters. The van der Waals surface area contributed by atoms with Crippen LogP contribution >= 0.6 is 11.9 Å². The molecule has 3 aromatic rings. The van der Waals surface area contributed by atoms with Crippen molar-refractivity contribution in [3.8, 4) is 17.2 Å². The van der Waals surface area contributed by atoms with Crippen LogP contribution in [-0.4, -0.2) is 24.3 Å². The summed E-state index contributed by atoms with van der Waals surface area (Å²) >= 11 is 1.61. The third-order valence-corrected chi connectivity index (χ3v) is 4.58. The largest absolute Gasteiger partial charge is 0.384 e. The molecule has 0 spiro atoms. The Labute approximate surface area is 156 Å². The monoisotopic (exact) mass is 366 g/mol. The van der Waals surface area contributed by atoms with E-state index in [1.54, 1.807) is 30.3 Å². The van der Waals surface area contributed by atoms with Crippen LogP contribution in [-0.2, 0) is 0 Å². The van der Waals surface area contributed by atoms with Gasteiger partial charge in [0.2, 0.25) is 0 Å². The Hall–Kier alpha value is -2.62. The lowest BCUT2D eigenvalue weighted by molar-refractivity contribution is 0.624. The maximum Gasteiger partial charge on any atom is 0.140 e. The number of benzene rings is 2. The molecular weight excluding hydrogens is 347 g/mol. The molecule has 0 bridgehead atoms. The zero-order valence-corrected chi connectivity index (χ0v) is 15.2. The average Bonchev–Trinajstić information content (AvgIpc) is 2.68. The van der Waals surface area contributed by atoms with Gasteiger partial charge in [-0.25, -0.2) is 4.39 Å². The number of aromatic nitrogens is 1. The van der Waals surface area contributed by atoms with Crippen LogP contribution < -0.4 is 10.0 Å². The molecule has 0 aliphatic heterocycles. The first-order valence-corrected chi connectivity index (χ1v) is 9.53. The normalized spacial score (nSPS) is 10.7. The number of nitriles is 1. The Bertz CT molecular complexity index is 952. The van der Waals surface area contributed by atoms with Gasteiger partial charge in [0.1, 0.15) is 11.9 Å².